The van der Waals surface area contributed by atoms with Crippen LogP contribution in [0, 0.1) is 5.82 Å². The van der Waals surface area contributed by atoms with Crippen LogP contribution in [0.2, 0.25) is 0 Å². The molecule has 3 aliphatic heterocycles. The van der Waals surface area contributed by atoms with Crippen molar-refractivity contribution in [2.24, 2.45) is 12.2 Å². The number of carbonyl (C=O) groups is 4. The molecule has 2 saturated heterocycles. The van der Waals surface area contributed by atoms with Crippen molar-refractivity contribution in [3.05, 3.63) is 52.6 Å². The molecule has 5 heterocycles. The Morgan fingerprint density at radius 3 is 2.68 bits per heavy atom. The van der Waals surface area contributed by atoms with Gasteiger partial charge in [0.1, 0.15) is 35.7 Å². The SMILES string of the molecule is C[n+]1ccc(SCC2=C(C(=O)O)N3C(=O)C(NC(=O)/C(=N\OC(C)(C)C(=O)O)c4csc(N)n4)[C@H]3SC2)c2cc(F)c(N3CCNCC3)cc21. The minimum Gasteiger partial charge on any atom is -0.478 e. The van der Waals surface area contributed by atoms with Crippen molar-refractivity contribution in [3.8, 4) is 0 Å². The van der Waals surface area contributed by atoms with E-state index in [4.69, 9.17) is 10.6 Å². The second kappa shape index (κ2) is 14.0. The number of pyridine rings is 1. The number of anilines is 2. The van der Waals surface area contributed by atoms with E-state index in [-0.39, 0.29) is 33.8 Å². The molecule has 1 aromatic carbocycles. The fraction of sp³-hybridized carbons (Fsp3) is 0.387. The van der Waals surface area contributed by atoms with Crippen molar-refractivity contribution < 1.29 is 43.2 Å². The molecule has 15 nitrogen and oxygen atoms in total. The second-order valence-corrected chi connectivity index (χ2v) is 15.2. The number of hydrogen-bond donors (Lipinski definition) is 5. The van der Waals surface area contributed by atoms with Gasteiger partial charge < -0.3 is 36.3 Å². The zero-order chi connectivity index (χ0) is 35.9. The van der Waals surface area contributed by atoms with Crippen LogP contribution in [0.4, 0.5) is 15.2 Å². The number of carboxylic acid groups (broad SMARTS) is 2. The summed E-state index contributed by atoms with van der Waals surface area (Å²) >= 11 is 3.66. The third-order valence-corrected chi connectivity index (χ3v) is 11.6. The number of amides is 2. The normalized spacial score (nSPS) is 19.7. The fourth-order valence-electron chi connectivity index (χ4n) is 5.63. The zero-order valence-electron chi connectivity index (χ0n) is 27.1. The number of carbonyl (C=O) groups excluding carboxylic acids is 2. The summed E-state index contributed by atoms with van der Waals surface area (Å²) in [5.41, 5.74) is 5.26. The molecule has 264 valence electrons. The number of nitrogens with two attached hydrogens (primary N) is 1. The monoisotopic (exact) mass is 745 g/mol. The Balaban J connectivity index is 1.20. The Kier molecular flexibility index (Phi) is 9.93. The Morgan fingerprint density at radius 1 is 1.28 bits per heavy atom. The average Bonchev–Trinajstić information content (AvgIpc) is 3.51. The van der Waals surface area contributed by atoms with Gasteiger partial charge in [0.25, 0.3) is 11.8 Å². The summed E-state index contributed by atoms with van der Waals surface area (Å²) < 4.78 is 17.3. The van der Waals surface area contributed by atoms with E-state index in [2.05, 4.69) is 20.8 Å². The van der Waals surface area contributed by atoms with Crippen LogP contribution in [0.3, 0.4) is 0 Å². The molecule has 3 aromatic rings. The van der Waals surface area contributed by atoms with Gasteiger partial charge >= 0.3 is 11.9 Å². The first-order valence-corrected chi connectivity index (χ1v) is 18.3. The molecule has 2 aromatic heterocycles. The van der Waals surface area contributed by atoms with Crippen LogP contribution in [-0.2, 0) is 31.1 Å². The Bertz CT molecular complexity index is 1960. The Labute approximate surface area is 297 Å². The molecule has 2 atom stereocenters. The molecule has 0 aliphatic carbocycles. The molecular weight excluding hydrogens is 712 g/mol. The van der Waals surface area contributed by atoms with Crippen LogP contribution in [-0.4, -0.2) is 104 Å². The number of nitrogens with zero attached hydrogens (tertiary/aromatic N) is 5. The van der Waals surface area contributed by atoms with Gasteiger partial charge in [-0.3, -0.25) is 14.5 Å². The van der Waals surface area contributed by atoms with E-state index in [1.807, 2.05) is 34.8 Å². The lowest BCUT2D eigenvalue weighted by Gasteiger charge is -2.49. The number of thioether (sulfide) groups is 2. The average molecular weight is 746 g/mol. The topological polar surface area (TPSA) is 204 Å². The number of β-lactam (4-membered cyclic amide) rings is 1. The molecule has 0 radical (unpaired) electrons. The number of nitrogen functional groups attached to an aromatic ring is 1. The van der Waals surface area contributed by atoms with Gasteiger partial charge in [-0.1, -0.05) is 5.16 Å². The maximum absolute atomic E-state index is 15.4. The van der Waals surface area contributed by atoms with Crippen LogP contribution in [0.1, 0.15) is 19.5 Å². The standard InChI is InChI=1S/C31H33FN8O7S3/c1-31(2,29(45)46)47-37-22(18-14-50-30(33)35-18)25(41)36-23-26(42)40-24(28(43)44)15(13-49-27(23)40)12-48-21-4-7-38(3)19-11-20(17(32)10-16(19)21)39-8-5-34-6-9-39/h4,7,10-11,14,23,27,34H,5-6,8-9,12-13H2,1-3H3,(H4-,33,35,36,41,43,44,45,46)/p+1/b37-22-/t23?,27-/m1/s1. The number of carboxylic acids is 2. The van der Waals surface area contributed by atoms with Crippen LogP contribution in [0.5, 0.6) is 0 Å². The van der Waals surface area contributed by atoms with E-state index in [0.29, 0.717) is 29.7 Å². The van der Waals surface area contributed by atoms with Gasteiger partial charge in [0.05, 0.1) is 11.1 Å². The molecule has 6 rings (SSSR count). The Hall–Kier alpha value is -4.46. The van der Waals surface area contributed by atoms with Gasteiger partial charge in [-0.05, 0) is 25.5 Å². The number of halogens is 1. The van der Waals surface area contributed by atoms with Crippen molar-refractivity contribution in [1.29, 1.82) is 0 Å². The Morgan fingerprint density at radius 2 is 2.02 bits per heavy atom. The number of rotatable bonds is 11. The first-order chi connectivity index (χ1) is 23.8. The maximum atomic E-state index is 15.4. The van der Waals surface area contributed by atoms with Crippen LogP contribution >= 0.6 is 34.9 Å². The fourth-order valence-corrected chi connectivity index (χ4v) is 8.70. The number of benzene rings is 1. The molecule has 3 aliphatic rings. The van der Waals surface area contributed by atoms with E-state index in [0.717, 1.165) is 39.7 Å². The lowest BCUT2D eigenvalue weighted by Crippen LogP contribution is -2.71. The summed E-state index contributed by atoms with van der Waals surface area (Å²) in [6.45, 7) is 5.42. The highest BCUT2D eigenvalue weighted by Crippen LogP contribution is 2.42. The highest BCUT2D eigenvalue weighted by Gasteiger charge is 2.54. The van der Waals surface area contributed by atoms with Crippen molar-refractivity contribution >= 4 is 86.0 Å². The van der Waals surface area contributed by atoms with Gasteiger partial charge in [0.2, 0.25) is 11.1 Å². The van der Waals surface area contributed by atoms with E-state index in [1.165, 1.54) is 48.8 Å². The zero-order valence-corrected chi connectivity index (χ0v) is 29.6. The van der Waals surface area contributed by atoms with Gasteiger partial charge in [-0.2, -0.15) is 0 Å². The molecule has 50 heavy (non-hydrogen) atoms. The van der Waals surface area contributed by atoms with Crippen LogP contribution in [0.15, 0.2) is 51.1 Å². The second-order valence-electron chi connectivity index (χ2n) is 12.2. The molecule has 0 spiro atoms. The smallest absolute Gasteiger partial charge is 0.352 e. The predicted octanol–water partition coefficient (Wildman–Crippen LogP) is 1.37. The van der Waals surface area contributed by atoms with Crippen molar-refractivity contribution in [1.82, 2.24) is 20.5 Å². The molecule has 19 heteroatoms. The number of aliphatic carboxylic acids is 2. The number of nitrogens with one attached hydrogen (secondary N) is 2. The summed E-state index contributed by atoms with van der Waals surface area (Å²) in [4.78, 5) is 63.9. The van der Waals surface area contributed by atoms with E-state index in [1.54, 1.807) is 0 Å². The summed E-state index contributed by atoms with van der Waals surface area (Å²) in [5, 5.41) is 30.7. The maximum Gasteiger partial charge on any atom is 0.352 e. The number of aryl methyl sites for hydroxylation is 1. The summed E-state index contributed by atoms with van der Waals surface area (Å²) in [6, 6.07) is 4.11. The van der Waals surface area contributed by atoms with Crippen LogP contribution < -0.4 is 25.8 Å². The van der Waals surface area contributed by atoms with E-state index >= 15 is 4.39 Å². The molecule has 6 N–H and O–H groups in total. The summed E-state index contributed by atoms with van der Waals surface area (Å²) in [5.74, 6) is -3.99. The molecule has 2 amide bonds. The highest BCUT2D eigenvalue weighted by molar-refractivity contribution is 8.01. The van der Waals surface area contributed by atoms with E-state index < -0.39 is 46.5 Å². The molecule has 0 bridgehead atoms. The number of hydrogen-bond acceptors (Lipinski definition) is 13. The number of fused-ring (bicyclic) bond motifs is 2. The lowest BCUT2D eigenvalue weighted by atomic mass is 10.0. The quantitative estimate of drug-likeness (QED) is 0.0620. The van der Waals surface area contributed by atoms with E-state index in [9.17, 15) is 29.4 Å². The van der Waals surface area contributed by atoms with Crippen molar-refractivity contribution in [3.63, 3.8) is 0 Å². The van der Waals surface area contributed by atoms with Crippen molar-refractivity contribution in [2.45, 2.75) is 35.8 Å². The number of piperazine rings is 1. The first-order valence-electron chi connectivity index (χ1n) is 15.4. The van der Waals surface area contributed by atoms with Gasteiger partial charge in [-0.25, -0.2) is 23.5 Å². The number of oxime groups is 1. The third kappa shape index (κ3) is 6.81. The van der Waals surface area contributed by atoms with Gasteiger partial charge in [0.15, 0.2) is 17.0 Å². The third-order valence-electron chi connectivity index (χ3n) is 8.42. The van der Waals surface area contributed by atoms with Gasteiger partial charge in [0, 0.05) is 60.1 Å². The lowest BCUT2D eigenvalue weighted by molar-refractivity contribution is -0.645. The summed E-state index contributed by atoms with van der Waals surface area (Å²) in [7, 11) is 1.88. The van der Waals surface area contributed by atoms with Gasteiger partial charge in [-0.15, -0.1) is 34.9 Å². The largest absolute Gasteiger partial charge is 0.478 e. The molecular formula is C31H34FN8O7S3+. The molecule has 1 unspecified atom stereocenters. The minimum atomic E-state index is -1.78. The number of thiazole rings is 1. The first kappa shape index (κ1) is 35.4. The molecule has 0 saturated carbocycles. The van der Waals surface area contributed by atoms with Crippen molar-refractivity contribution in [2.75, 3.05) is 48.3 Å². The summed E-state index contributed by atoms with van der Waals surface area (Å²) in [6.07, 6.45) is 1.87. The highest BCUT2D eigenvalue weighted by atomic mass is 32.2. The predicted molar refractivity (Wildman–Crippen MR) is 186 cm³/mol. The van der Waals surface area contributed by atoms with Crippen LogP contribution in [0.25, 0.3) is 10.9 Å². The minimum absolute atomic E-state index is 0.0125. The molecule has 2 fully saturated rings. The number of aromatic nitrogens is 2.